The molecule has 0 radical (unpaired) electrons. The Morgan fingerprint density at radius 3 is 1.80 bits per heavy atom. The highest BCUT2D eigenvalue weighted by Crippen LogP contribution is 2.40. The topological polar surface area (TPSA) is 0 Å². The second kappa shape index (κ2) is 3.58. The van der Waals surface area contributed by atoms with Crippen molar-refractivity contribution in [3.05, 3.63) is 45.2 Å². The summed E-state index contributed by atoms with van der Waals surface area (Å²) in [5.41, 5.74) is 0. The van der Waals surface area contributed by atoms with Crippen LogP contribution in [0.2, 0.25) is 0 Å². The summed E-state index contributed by atoms with van der Waals surface area (Å²) in [4.78, 5) is 0. The van der Waals surface area contributed by atoms with Crippen LogP contribution in [0.3, 0.4) is 0 Å². The molecule has 0 atom stereocenters. The van der Waals surface area contributed by atoms with Gasteiger partial charge in [0, 0.05) is 29.1 Å². The highest BCUT2D eigenvalue weighted by Gasteiger charge is 2.08. The van der Waals surface area contributed by atoms with Crippen LogP contribution in [-0.2, 0) is 0 Å². The molecule has 0 saturated heterocycles. The van der Waals surface area contributed by atoms with Gasteiger partial charge < -0.3 is 0 Å². The fourth-order valence-corrected chi connectivity index (χ4v) is 3.47. The van der Waals surface area contributed by atoms with Gasteiger partial charge in [-0.05, 0) is 43.9 Å². The molecule has 0 nitrogen and oxygen atoms in total. The molecule has 1 heterocycles. The largest absolute Gasteiger partial charge is 0.133 e. The molecule has 0 aliphatic heterocycles. The first-order chi connectivity index (χ1) is 9.77. The minimum absolute atomic E-state index is 0.0705. The normalized spacial score (nSPS) is 16.9. The molecule has 3 heteroatoms. The number of benzene rings is 2. The van der Waals surface area contributed by atoms with Crippen molar-refractivity contribution in [3.63, 3.8) is 0 Å². The molecule has 0 amide bonds. The van der Waals surface area contributed by atoms with Gasteiger partial charge in [0.2, 0.25) is 0 Å². The van der Waals surface area contributed by atoms with E-state index >= 15 is 0 Å². The van der Waals surface area contributed by atoms with Crippen molar-refractivity contribution in [2.24, 2.45) is 0 Å². The third-order valence-electron chi connectivity index (χ3n) is 2.03. The monoisotopic (exact) mass is 346 g/mol. The van der Waals surface area contributed by atoms with Gasteiger partial charge in [-0.1, -0.05) is 24.2 Å². The second-order valence-electron chi connectivity index (χ2n) is 2.89. The van der Waals surface area contributed by atoms with E-state index in [-0.39, 0.29) is 36.3 Å². The number of hydrogen-bond donors (Lipinski definition) is 0. The Labute approximate surface area is 117 Å². The summed E-state index contributed by atoms with van der Waals surface area (Å²) >= 11 is 7.81. The average molecular weight is 348 g/mol. The van der Waals surface area contributed by atoms with Crippen molar-refractivity contribution in [3.8, 4) is 0 Å². The maximum absolute atomic E-state index is 8.09. The predicted molar refractivity (Wildman–Crippen MR) is 74.7 cm³/mol. The van der Waals surface area contributed by atoms with Gasteiger partial charge in [0.15, 0.2) is 0 Å². The van der Waals surface area contributed by atoms with Crippen LogP contribution >= 0.6 is 43.2 Å². The molecule has 0 fully saturated rings. The molecule has 15 heavy (non-hydrogen) atoms. The van der Waals surface area contributed by atoms with Crippen LogP contribution < -0.4 is 0 Å². The van der Waals surface area contributed by atoms with E-state index in [0.717, 1.165) is 0 Å². The highest BCUT2D eigenvalue weighted by molar-refractivity contribution is 9.11. The predicted octanol–water partition coefficient (Wildman–Crippen LogP) is 5.58. The Morgan fingerprint density at radius 1 is 0.867 bits per heavy atom. The van der Waals surface area contributed by atoms with E-state index < -0.39 is 0 Å². The lowest BCUT2D eigenvalue weighted by Crippen LogP contribution is -1.67. The van der Waals surface area contributed by atoms with Crippen molar-refractivity contribution in [1.29, 1.82) is 0 Å². The van der Waals surface area contributed by atoms with Gasteiger partial charge in [-0.2, -0.15) is 0 Å². The lowest BCUT2D eigenvalue weighted by atomic mass is 10.2. The van der Waals surface area contributed by atoms with Gasteiger partial charge in [-0.15, -0.1) is 11.3 Å². The van der Waals surface area contributed by atoms with Crippen molar-refractivity contribution < 1.29 is 8.22 Å². The molecular weight excluding hydrogens is 336 g/mol. The maximum Gasteiger partial charge on any atom is 0.0635 e. The lowest BCUT2D eigenvalue weighted by Gasteiger charge is -1.93. The molecule has 0 bridgehead atoms. The van der Waals surface area contributed by atoms with Gasteiger partial charge >= 0.3 is 0 Å². The molecular formula is C12H6Br2S. The number of thiophene rings is 1. The van der Waals surface area contributed by atoms with E-state index in [9.17, 15) is 0 Å². The van der Waals surface area contributed by atoms with Gasteiger partial charge in [-0.3, -0.25) is 0 Å². The first kappa shape index (κ1) is 5.30. The summed E-state index contributed by atoms with van der Waals surface area (Å²) < 4.78 is 49.6. The molecule has 0 saturated carbocycles. The number of halogens is 2. The summed E-state index contributed by atoms with van der Waals surface area (Å²) in [5.74, 6) is 0. The molecule has 0 N–H and O–H groups in total. The Kier molecular flexibility index (Phi) is 1.26. The molecule has 0 aliphatic rings. The standard InChI is InChI=1S/C12H6Br2S/c13-9-5-1-3-7-8-4-2-6-10(14)12(8)15-11(7)9/h1-6H/i1D,2D,3D,4D,5D,6D. The van der Waals surface area contributed by atoms with Crippen LogP contribution in [0.5, 0.6) is 0 Å². The van der Waals surface area contributed by atoms with E-state index in [4.69, 9.17) is 8.22 Å². The van der Waals surface area contributed by atoms with Gasteiger partial charge in [0.25, 0.3) is 0 Å². The molecule has 1 aromatic heterocycles. The highest BCUT2D eigenvalue weighted by atomic mass is 79.9. The molecule has 74 valence electrons. The van der Waals surface area contributed by atoms with Crippen LogP contribution in [0.15, 0.2) is 45.2 Å². The summed E-state index contributed by atoms with van der Waals surface area (Å²) in [6, 6.07) is -0.820. The Bertz CT molecular complexity index is 859. The quantitative estimate of drug-likeness (QED) is 0.498. The van der Waals surface area contributed by atoms with Gasteiger partial charge in [-0.25, -0.2) is 0 Å². The van der Waals surface area contributed by atoms with Crippen molar-refractivity contribution in [1.82, 2.24) is 0 Å². The average Bonchev–Trinajstić information content (AvgIpc) is 2.87. The van der Waals surface area contributed by atoms with Crippen LogP contribution in [0, 0.1) is 0 Å². The van der Waals surface area contributed by atoms with E-state index in [1.54, 1.807) is 0 Å². The van der Waals surface area contributed by atoms with E-state index in [1.165, 1.54) is 11.3 Å². The van der Waals surface area contributed by atoms with Crippen LogP contribution in [0.4, 0.5) is 0 Å². The molecule has 2 aromatic carbocycles. The van der Waals surface area contributed by atoms with Crippen molar-refractivity contribution in [2.75, 3.05) is 0 Å². The van der Waals surface area contributed by atoms with E-state index in [2.05, 4.69) is 31.9 Å². The maximum atomic E-state index is 8.09. The zero-order valence-electron chi connectivity index (χ0n) is 13.2. The van der Waals surface area contributed by atoms with E-state index in [0.29, 0.717) is 29.1 Å². The fourth-order valence-electron chi connectivity index (χ4n) is 1.39. The summed E-state index contributed by atoms with van der Waals surface area (Å²) in [6.07, 6.45) is 0. The Morgan fingerprint density at radius 2 is 1.33 bits per heavy atom. The molecule has 0 aliphatic carbocycles. The van der Waals surface area contributed by atoms with Crippen molar-refractivity contribution in [2.45, 2.75) is 0 Å². The smallest absolute Gasteiger partial charge is 0.0635 e. The second-order valence-corrected chi connectivity index (χ2v) is 5.49. The lowest BCUT2D eigenvalue weighted by molar-refractivity contribution is 1.78. The van der Waals surface area contributed by atoms with Crippen LogP contribution in [-0.4, -0.2) is 0 Å². The SMILES string of the molecule is [2H]c1c([2H])c([2H])c2c(sc3c(Br)c([2H])c([2H])c([2H])c32)c1Br. The first-order valence-electron chi connectivity index (χ1n) is 7.04. The third kappa shape index (κ3) is 1.45. The molecule has 0 spiro atoms. The van der Waals surface area contributed by atoms with Crippen LogP contribution in [0.25, 0.3) is 20.2 Å². The fraction of sp³-hybridized carbons (Fsp3) is 0. The minimum atomic E-state index is -0.217. The number of hydrogen-bond acceptors (Lipinski definition) is 1. The number of fused-ring (bicyclic) bond motifs is 3. The zero-order chi connectivity index (χ0) is 15.6. The molecule has 3 rings (SSSR count). The Balaban J connectivity index is 2.73. The summed E-state index contributed by atoms with van der Waals surface area (Å²) in [6.45, 7) is 0. The molecule has 0 unspecified atom stereocenters. The summed E-state index contributed by atoms with van der Waals surface area (Å²) in [5, 5.41) is 0.782. The van der Waals surface area contributed by atoms with Crippen molar-refractivity contribution >= 4 is 63.4 Å². The van der Waals surface area contributed by atoms with Gasteiger partial charge in [0.05, 0.1) is 8.22 Å². The molecule has 3 aromatic rings. The Hall–Kier alpha value is -0.380. The number of rotatable bonds is 0. The van der Waals surface area contributed by atoms with E-state index in [1.807, 2.05) is 0 Å². The first-order valence-corrected chi connectivity index (χ1v) is 6.44. The van der Waals surface area contributed by atoms with Gasteiger partial charge in [0.1, 0.15) is 0 Å². The zero-order valence-corrected chi connectivity index (χ0v) is 11.2. The summed E-state index contributed by atoms with van der Waals surface area (Å²) in [7, 11) is 0. The minimum Gasteiger partial charge on any atom is -0.133 e. The van der Waals surface area contributed by atoms with Crippen LogP contribution in [0.1, 0.15) is 8.22 Å². The third-order valence-corrected chi connectivity index (χ3v) is 4.97.